The Bertz CT molecular complexity index is 516. The van der Waals surface area contributed by atoms with Crippen molar-refractivity contribution in [2.45, 2.75) is 32.8 Å². The number of carbonyl (C=O) groups is 2. The van der Waals surface area contributed by atoms with E-state index in [2.05, 4.69) is 0 Å². The molecule has 1 aromatic heterocycles. The lowest BCUT2D eigenvalue weighted by Crippen LogP contribution is -2.47. The lowest BCUT2D eigenvalue weighted by atomic mass is 10.2. The zero-order chi connectivity index (χ0) is 14.9. The largest absolute Gasteiger partial charge is 0.442 e. The van der Waals surface area contributed by atoms with Crippen molar-refractivity contribution < 1.29 is 14.3 Å². The molecule has 0 spiro atoms. The number of hydrazine groups is 1. The molecule has 0 aromatic carbocycles. The highest BCUT2D eigenvalue weighted by atomic mass is 16.6. The number of ether oxygens (including phenoxy) is 1. The molecular formula is C14H21N3O3. The van der Waals surface area contributed by atoms with E-state index in [1.165, 1.54) is 10.0 Å². The predicted octanol–water partition coefficient (Wildman–Crippen LogP) is 2.02. The predicted molar refractivity (Wildman–Crippen MR) is 74.0 cm³/mol. The quantitative estimate of drug-likeness (QED) is 0.790. The Hall–Kier alpha value is -1.98. The molecule has 2 rings (SSSR count). The van der Waals surface area contributed by atoms with Crippen molar-refractivity contribution in [3.63, 3.8) is 0 Å². The highest BCUT2D eigenvalue weighted by molar-refractivity contribution is 5.93. The maximum atomic E-state index is 12.5. The molecule has 0 atom stereocenters. The fraction of sp³-hybridized carbons (Fsp3) is 0.571. The molecule has 0 aliphatic carbocycles. The van der Waals surface area contributed by atoms with Crippen LogP contribution in [-0.4, -0.2) is 45.3 Å². The molecule has 1 aliphatic rings. The van der Waals surface area contributed by atoms with Crippen molar-refractivity contribution in [3.05, 3.63) is 24.0 Å². The van der Waals surface area contributed by atoms with Gasteiger partial charge in [0.2, 0.25) is 0 Å². The third-order valence-electron chi connectivity index (χ3n) is 3.03. The first-order valence-corrected chi connectivity index (χ1v) is 6.73. The van der Waals surface area contributed by atoms with Gasteiger partial charge >= 0.3 is 6.09 Å². The van der Waals surface area contributed by atoms with Crippen LogP contribution in [-0.2, 0) is 11.8 Å². The fourth-order valence-electron chi connectivity index (χ4n) is 2.14. The van der Waals surface area contributed by atoms with E-state index < -0.39 is 11.7 Å². The molecule has 2 amide bonds. The maximum Gasteiger partial charge on any atom is 0.429 e. The number of hydrogen-bond donors (Lipinski definition) is 0. The Kier molecular flexibility index (Phi) is 3.74. The zero-order valence-electron chi connectivity index (χ0n) is 12.4. The summed E-state index contributed by atoms with van der Waals surface area (Å²) >= 11 is 0. The Labute approximate surface area is 118 Å². The van der Waals surface area contributed by atoms with Crippen molar-refractivity contribution in [1.29, 1.82) is 0 Å². The molecule has 1 aliphatic heterocycles. The highest BCUT2D eigenvalue weighted by Gasteiger charge is 2.34. The van der Waals surface area contributed by atoms with Crippen LogP contribution in [0.5, 0.6) is 0 Å². The van der Waals surface area contributed by atoms with Crippen molar-refractivity contribution in [3.8, 4) is 0 Å². The smallest absolute Gasteiger partial charge is 0.429 e. The fourth-order valence-corrected chi connectivity index (χ4v) is 2.14. The van der Waals surface area contributed by atoms with Crippen LogP contribution in [0.2, 0.25) is 0 Å². The molecule has 0 bridgehead atoms. The average molecular weight is 279 g/mol. The lowest BCUT2D eigenvalue weighted by molar-refractivity contribution is -0.0196. The molecule has 0 N–H and O–H groups in total. The van der Waals surface area contributed by atoms with Crippen LogP contribution in [0.1, 0.15) is 37.7 Å². The van der Waals surface area contributed by atoms with Crippen LogP contribution in [0.4, 0.5) is 4.79 Å². The molecular weight excluding hydrogens is 258 g/mol. The van der Waals surface area contributed by atoms with E-state index in [9.17, 15) is 9.59 Å². The zero-order valence-corrected chi connectivity index (χ0v) is 12.4. The molecule has 6 heteroatoms. The van der Waals surface area contributed by atoms with E-state index >= 15 is 0 Å². The molecule has 0 saturated carbocycles. The number of hydrogen-bond acceptors (Lipinski definition) is 3. The summed E-state index contributed by atoms with van der Waals surface area (Å²) in [5.74, 6) is -0.180. The summed E-state index contributed by atoms with van der Waals surface area (Å²) in [5, 5.41) is 2.85. The van der Waals surface area contributed by atoms with E-state index in [1.54, 1.807) is 29.9 Å². The van der Waals surface area contributed by atoms with Gasteiger partial charge in [0.1, 0.15) is 11.3 Å². The number of aryl methyl sites for hydroxylation is 1. The summed E-state index contributed by atoms with van der Waals surface area (Å²) in [6.45, 7) is 6.47. The van der Waals surface area contributed by atoms with Gasteiger partial charge in [0.25, 0.3) is 5.91 Å². The lowest BCUT2D eigenvalue weighted by Gasteiger charge is -2.30. The van der Waals surface area contributed by atoms with Crippen LogP contribution in [0.3, 0.4) is 0 Å². The van der Waals surface area contributed by atoms with Crippen LogP contribution in [0.25, 0.3) is 0 Å². The topological polar surface area (TPSA) is 54.8 Å². The van der Waals surface area contributed by atoms with Gasteiger partial charge < -0.3 is 9.30 Å². The monoisotopic (exact) mass is 279 g/mol. The number of nitrogens with zero attached hydrogens (tertiary/aromatic N) is 3. The van der Waals surface area contributed by atoms with Gasteiger partial charge in [-0.3, -0.25) is 4.79 Å². The molecule has 20 heavy (non-hydrogen) atoms. The third-order valence-corrected chi connectivity index (χ3v) is 3.03. The summed E-state index contributed by atoms with van der Waals surface area (Å²) in [4.78, 5) is 24.6. The normalized spacial score (nSPS) is 15.6. The van der Waals surface area contributed by atoms with Gasteiger partial charge in [0.15, 0.2) is 0 Å². The number of carbonyl (C=O) groups excluding carboxylic acids is 2. The molecule has 110 valence electrons. The molecule has 6 nitrogen and oxygen atoms in total. The van der Waals surface area contributed by atoms with Gasteiger partial charge in [-0.1, -0.05) is 0 Å². The van der Waals surface area contributed by atoms with E-state index in [0.29, 0.717) is 18.8 Å². The minimum Gasteiger partial charge on any atom is -0.442 e. The highest BCUT2D eigenvalue weighted by Crippen LogP contribution is 2.19. The molecule has 0 radical (unpaired) electrons. The van der Waals surface area contributed by atoms with Gasteiger partial charge in [0, 0.05) is 26.3 Å². The van der Waals surface area contributed by atoms with Crippen molar-refractivity contribution in [1.82, 2.24) is 14.6 Å². The van der Waals surface area contributed by atoms with Gasteiger partial charge in [-0.05, 0) is 39.3 Å². The Morgan fingerprint density at radius 1 is 1.20 bits per heavy atom. The number of aromatic nitrogens is 1. The van der Waals surface area contributed by atoms with Crippen molar-refractivity contribution >= 4 is 12.0 Å². The van der Waals surface area contributed by atoms with Gasteiger partial charge in [-0.15, -0.1) is 0 Å². The molecule has 0 unspecified atom stereocenters. The van der Waals surface area contributed by atoms with Crippen LogP contribution in [0.15, 0.2) is 18.3 Å². The molecule has 1 fully saturated rings. The molecule has 2 heterocycles. The minimum absolute atomic E-state index is 0.180. The van der Waals surface area contributed by atoms with E-state index in [1.807, 2.05) is 20.8 Å². The number of amides is 2. The molecule has 1 saturated heterocycles. The van der Waals surface area contributed by atoms with E-state index in [0.717, 1.165) is 6.42 Å². The minimum atomic E-state index is -0.570. The summed E-state index contributed by atoms with van der Waals surface area (Å²) < 4.78 is 7.08. The van der Waals surface area contributed by atoms with Gasteiger partial charge in [-0.2, -0.15) is 0 Å². The first-order valence-electron chi connectivity index (χ1n) is 6.73. The third kappa shape index (κ3) is 2.95. The van der Waals surface area contributed by atoms with E-state index in [-0.39, 0.29) is 5.91 Å². The Balaban J connectivity index is 2.13. The van der Waals surface area contributed by atoms with Gasteiger partial charge in [-0.25, -0.2) is 14.8 Å². The first kappa shape index (κ1) is 14.4. The second-order valence-electron chi connectivity index (χ2n) is 5.89. The standard InChI is InChI=1S/C14H21N3O3/c1-14(2,3)20-13(19)17-10-6-9-16(17)12(18)11-7-5-8-15(11)4/h5,7-8H,6,9-10H2,1-4H3. The van der Waals surface area contributed by atoms with Gasteiger partial charge in [0.05, 0.1) is 0 Å². The van der Waals surface area contributed by atoms with Crippen molar-refractivity contribution in [2.24, 2.45) is 7.05 Å². The summed E-state index contributed by atoms with van der Waals surface area (Å²) in [7, 11) is 1.81. The second kappa shape index (κ2) is 5.19. The summed E-state index contributed by atoms with van der Waals surface area (Å²) in [6, 6.07) is 3.55. The van der Waals surface area contributed by atoms with Crippen LogP contribution >= 0.6 is 0 Å². The Morgan fingerprint density at radius 3 is 2.40 bits per heavy atom. The van der Waals surface area contributed by atoms with Crippen LogP contribution in [0, 0.1) is 0 Å². The SMILES string of the molecule is Cn1cccc1C(=O)N1CCCN1C(=O)OC(C)(C)C. The Morgan fingerprint density at radius 2 is 1.85 bits per heavy atom. The maximum absolute atomic E-state index is 12.5. The van der Waals surface area contributed by atoms with Crippen LogP contribution < -0.4 is 0 Å². The number of rotatable bonds is 1. The summed E-state index contributed by atoms with van der Waals surface area (Å²) in [5.41, 5.74) is -0.0141. The van der Waals surface area contributed by atoms with Crippen molar-refractivity contribution in [2.75, 3.05) is 13.1 Å². The first-order chi connectivity index (χ1) is 9.29. The molecule has 1 aromatic rings. The van der Waals surface area contributed by atoms with E-state index in [4.69, 9.17) is 4.74 Å². The average Bonchev–Trinajstić information content (AvgIpc) is 2.93. The summed E-state index contributed by atoms with van der Waals surface area (Å²) in [6.07, 6.45) is 2.09. The second-order valence-corrected chi connectivity index (χ2v) is 5.89.